The number of anilines is 6. The van der Waals surface area contributed by atoms with E-state index in [1.807, 2.05) is 31.2 Å². The molecule has 0 aliphatic heterocycles. The summed E-state index contributed by atoms with van der Waals surface area (Å²) in [6.45, 7) is 3.75. The highest BCUT2D eigenvalue weighted by Gasteiger charge is 2.30. The first-order valence-electron chi connectivity index (χ1n) is 27.0. The van der Waals surface area contributed by atoms with Gasteiger partial charge in [0.05, 0.1) is 71.3 Å². The Bertz CT molecular complexity index is 4480. The molecule has 94 heavy (non-hydrogen) atoms. The Kier molecular flexibility index (Phi) is 23.3. The highest BCUT2D eigenvalue weighted by molar-refractivity contribution is 7.93. The molecular formula is C56H57F4N19O12S3. The number of pyridine rings is 3. The minimum atomic E-state index is -3.84. The molecule has 0 aliphatic rings. The lowest BCUT2D eigenvalue weighted by molar-refractivity contribution is -0.0143. The Balaban J connectivity index is 0.000000200. The lowest BCUT2D eigenvalue weighted by Gasteiger charge is -2.18. The molecule has 0 saturated carbocycles. The topological polar surface area (TPSA) is 408 Å². The van der Waals surface area contributed by atoms with Gasteiger partial charge in [-0.2, -0.15) is 5.26 Å². The number of benzene rings is 3. The van der Waals surface area contributed by atoms with Crippen molar-refractivity contribution in [2.45, 2.75) is 45.0 Å². The molecule has 38 heteroatoms. The highest BCUT2D eigenvalue weighted by Crippen LogP contribution is 2.31. The molecule has 494 valence electrons. The lowest BCUT2D eigenvalue weighted by atomic mass is 10.1. The van der Waals surface area contributed by atoms with Crippen LogP contribution < -0.4 is 30.1 Å². The average molecular weight is 1360 g/mol. The summed E-state index contributed by atoms with van der Waals surface area (Å²) in [4.78, 5) is 49.5. The fraction of sp³-hybridized carbons (Fsp3) is 0.232. The normalized spacial score (nSPS) is 12.3. The number of nitriles is 1. The molecule has 3 atom stereocenters. The number of nitrogens with one attached hydrogen (secondary N) is 6. The van der Waals surface area contributed by atoms with Crippen molar-refractivity contribution in [1.82, 2.24) is 59.9 Å². The monoisotopic (exact) mass is 1360 g/mol. The van der Waals surface area contributed by atoms with E-state index in [1.165, 1.54) is 101 Å². The second kappa shape index (κ2) is 31.2. The minimum absolute atomic E-state index is 0.0198. The van der Waals surface area contributed by atoms with E-state index in [-0.39, 0.29) is 56.9 Å². The van der Waals surface area contributed by atoms with Crippen LogP contribution in [0.5, 0.6) is 0 Å². The van der Waals surface area contributed by atoms with Gasteiger partial charge < -0.3 is 14.2 Å². The van der Waals surface area contributed by atoms with Crippen molar-refractivity contribution in [3.63, 3.8) is 0 Å². The second-order valence-electron chi connectivity index (χ2n) is 19.8. The number of carbonyl (C=O) groups excluding carboxylic acids is 3. The van der Waals surface area contributed by atoms with E-state index in [0.29, 0.717) is 22.9 Å². The van der Waals surface area contributed by atoms with Crippen LogP contribution in [0.4, 0.5) is 66.5 Å². The predicted molar refractivity (Wildman–Crippen MR) is 333 cm³/mol. The van der Waals surface area contributed by atoms with Crippen molar-refractivity contribution in [1.29, 1.82) is 5.26 Å². The van der Waals surface area contributed by atoms with Gasteiger partial charge in [-0.1, -0.05) is 106 Å². The fourth-order valence-electron chi connectivity index (χ4n) is 8.10. The number of aromatic nitrogens is 12. The van der Waals surface area contributed by atoms with Crippen LogP contribution in [-0.2, 0) is 65.4 Å². The van der Waals surface area contributed by atoms with Crippen molar-refractivity contribution in [2.24, 2.45) is 21.1 Å². The van der Waals surface area contributed by atoms with Gasteiger partial charge in [-0.15, -0.1) is 15.3 Å². The summed E-state index contributed by atoms with van der Waals surface area (Å²) in [5.41, 5.74) is 4.29. The molecule has 0 fully saturated rings. The van der Waals surface area contributed by atoms with Gasteiger partial charge in [0.15, 0.2) is 52.5 Å². The Labute approximate surface area is 534 Å². The summed E-state index contributed by atoms with van der Waals surface area (Å²) in [6.07, 6.45) is -6.98. The number of hydrogen-bond acceptors (Lipinski definition) is 22. The van der Waals surface area contributed by atoms with Gasteiger partial charge in [0.2, 0.25) is 30.1 Å². The standard InChI is InChI=1S/C19H17F2N7O4S.C19H22N6O4S.C18H18F2N6O4S/c1-28-18(24-19(29)32-16(17(20)21)12-5-3-2-4-6-12)15(25-27-28)14-8-7-13(11-23-14)26-33(30,31)10-9-22;1-12-6-5-7-14(10-12)13(2)29-19(26)21-18-17(22-24-25(18)3)16-9-8-15(11-20-16)23-30(4,27)28;1-26-17(22-18(27)30-15(16(19)20)11-6-4-3-5-7-11)14(23-25-26)13-9-8-12(10-21-13)24-31(2,28)29/h2-8,11,16-17,26H,10H2,1H3,(H,24,29);5-11,13,23H,1-4H3,(H,21,26);3-10,15-16,24H,1-2H3,(H,22,27)/t16-;13-;15-/m010/s1. The zero-order valence-corrected chi connectivity index (χ0v) is 52.8. The maximum atomic E-state index is 13.4. The number of alkyl halides is 4. The third-order valence-corrected chi connectivity index (χ3v) is 14.5. The van der Waals surface area contributed by atoms with Crippen LogP contribution in [0.1, 0.15) is 47.5 Å². The maximum absolute atomic E-state index is 13.4. The third-order valence-electron chi connectivity index (χ3n) is 12.3. The van der Waals surface area contributed by atoms with Gasteiger partial charge in [0.25, 0.3) is 12.9 Å². The first-order valence-corrected chi connectivity index (χ1v) is 32.5. The van der Waals surface area contributed by atoms with Crippen LogP contribution in [0.15, 0.2) is 140 Å². The SMILES string of the molecule is Cc1cccc([C@@H](C)OC(=O)Nc2c(-c3ccc(NS(C)(=O)=O)cn3)nnn2C)c1.Cn1nnc(-c2ccc(NS(=O)(=O)CC#N)cn2)c1NC(=O)O[C@@H](c1ccccc1)C(F)F.Cn1nnc(-c2ccc(NS(C)(=O)=O)cn2)c1NC(=O)O[C@@H](c1ccccc1)C(F)F. The van der Waals surface area contributed by atoms with Crippen molar-refractivity contribution in [3.8, 4) is 40.2 Å². The Morgan fingerprint density at radius 1 is 0.511 bits per heavy atom. The largest absolute Gasteiger partial charge is 0.441 e. The van der Waals surface area contributed by atoms with E-state index in [1.54, 1.807) is 62.5 Å². The number of nitrogens with zero attached hydrogens (tertiary/aromatic N) is 13. The van der Waals surface area contributed by atoms with Crippen LogP contribution in [0, 0.1) is 18.3 Å². The quantitative estimate of drug-likeness (QED) is 0.0290. The molecule has 0 bridgehead atoms. The third kappa shape index (κ3) is 20.4. The van der Waals surface area contributed by atoms with Crippen LogP contribution >= 0.6 is 0 Å². The molecule has 31 nitrogen and oxygen atoms in total. The molecule has 0 unspecified atom stereocenters. The number of rotatable bonds is 21. The summed E-state index contributed by atoms with van der Waals surface area (Å²) >= 11 is 0. The van der Waals surface area contributed by atoms with Gasteiger partial charge in [-0.25, -0.2) is 71.2 Å². The Morgan fingerprint density at radius 3 is 1.18 bits per heavy atom. The maximum Gasteiger partial charge on any atom is 0.413 e. The molecule has 6 aromatic heterocycles. The molecule has 9 rings (SSSR count). The van der Waals surface area contributed by atoms with E-state index in [9.17, 15) is 57.2 Å². The molecule has 0 aliphatic carbocycles. The second-order valence-corrected chi connectivity index (χ2v) is 25.0. The highest BCUT2D eigenvalue weighted by atomic mass is 32.2. The van der Waals surface area contributed by atoms with Gasteiger partial charge in [-0.05, 0) is 66.9 Å². The summed E-state index contributed by atoms with van der Waals surface area (Å²) in [5, 5.41) is 39.2. The molecule has 6 heterocycles. The van der Waals surface area contributed by atoms with Gasteiger partial charge in [0.1, 0.15) is 6.10 Å². The molecule has 9 aromatic rings. The van der Waals surface area contributed by atoms with Crippen LogP contribution in [0.3, 0.4) is 0 Å². The Hall–Kier alpha value is -11.2. The first-order chi connectivity index (χ1) is 44.5. The Morgan fingerprint density at radius 2 is 0.862 bits per heavy atom. The molecular weight excluding hydrogens is 1300 g/mol. The van der Waals surface area contributed by atoms with E-state index >= 15 is 0 Å². The summed E-state index contributed by atoms with van der Waals surface area (Å²) in [7, 11) is -6.17. The van der Waals surface area contributed by atoms with E-state index in [4.69, 9.17) is 19.5 Å². The molecule has 0 spiro atoms. The lowest BCUT2D eigenvalue weighted by Crippen LogP contribution is -2.23. The van der Waals surface area contributed by atoms with Crippen LogP contribution in [0.25, 0.3) is 34.2 Å². The van der Waals surface area contributed by atoms with Crippen molar-refractivity contribution in [2.75, 3.05) is 48.4 Å². The predicted octanol–water partition coefficient (Wildman–Crippen LogP) is 8.37. The fourth-order valence-corrected chi connectivity index (χ4v) is 9.92. The minimum Gasteiger partial charge on any atom is -0.441 e. The number of aryl methyl sites for hydroxylation is 4. The molecule has 3 amide bonds. The molecule has 3 aromatic carbocycles. The van der Waals surface area contributed by atoms with E-state index < -0.39 is 85.3 Å². The number of halogens is 4. The average Bonchev–Trinajstić information content (AvgIpc) is 1.65. The number of carbonyl (C=O) groups is 3. The summed E-state index contributed by atoms with van der Waals surface area (Å²) in [5.74, 6) is -0.348. The smallest absolute Gasteiger partial charge is 0.413 e. The number of sulfonamides is 3. The molecule has 0 radical (unpaired) electrons. The van der Waals surface area contributed by atoms with Gasteiger partial charge in [-0.3, -0.25) is 45.1 Å². The summed E-state index contributed by atoms with van der Waals surface area (Å²) in [6, 6.07) is 33.2. The van der Waals surface area contributed by atoms with E-state index in [0.717, 1.165) is 23.6 Å². The van der Waals surface area contributed by atoms with Gasteiger partial charge in [0, 0.05) is 21.1 Å². The zero-order valence-electron chi connectivity index (χ0n) is 50.3. The van der Waals surface area contributed by atoms with Crippen LogP contribution in [-0.4, -0.2) is 135 Å². The first kappa shape index (κ1) is 70.3. The molecule has 6 N–H and O–H groups in total. The molecule has 0 saturated heterocycles. The van der Waals surface area contributed by atoms with E-state index in [2.05, 4.69) is 76.0 Å². The zero-order chi connectivity index (χ0) is 68.5. The van der Waals surface area contributed by atoms with Crippen LogP contribution in [0.2, 0.25) is 0 Å². The summed E-state index contributed by atoms with van der Waals surface area (Å²) < 4.78 is 148. The number of amides is 3. The van der Waals surface area contributed by atoms with Crippen molar-refractivity contribution in [3.05, 3.63) is 162 Å². The number of hydrogen-bond donors (Lipinski definition) is 6. The number of ether oxygens (including phenoxy) is 3. The van der Waals surface area contributed by atoms with Crippen molar-refractivity contribution < 1.29 is 71.4 Å². The van der Waals surface area contributed by atoms with Crippen molar-refractivity contribution >= 4 is 82.9 Å². The van der Waals surface area contributed by atoms with Gasteiger partial charge >= 0.3 is 18.3 Å².